The van der Waals surface area contributed by atoms with Gasteiger partial charge in [0.15, 0.2) is 5.82 Å². The highest BCUT2D eigenvalue weighted by molar-refractivity contribution is 7.98. The van der Waals surface area contributed by atoms with Gasteiger partial charge in [0.2, 0.25) is 5.89 Å². The minimum atomic E-state index is 0.251. The quantitative estimate of drug-likeness (QED) is 0.820. The molecule has 0 spiro atoms. The number of nitrogens with one attached hydrogen (secondary N) is 1. The Balaban J connectivity index is 1.92. The average Bonchev–Trinajstić information content (AvgIpc) is 2.79. The van der Waals surface area contributed by atoms with Gasteiger partial charge < -0.3 is 9.84 Å². The van der Waals surface area contributed by atoms with Gasteiger partial charge in [-0.05, 0) is 37.5 Å². The number of piperidine rings is 1. The molecule has 1 aromatic heterocycles. The van der Waals surface area contributed by atoms with Gasteiger partial charge >= 0.3 is 0 Å². The SMILES string of the molecule is CCCSCc1noc(C2NCCCC2C)n1. The molecular formula is C12H21N3OS. The summed E-state index contributed by atoms with van der Waals surface area (Å²) in [7, 11) is 0. The van der Waals surface area contributed by atoms with Gasteiger partial charge in [-0.1, -0.05) is 19.0 Å². The third-order valence-corrected chi connectivity index (χ3v) is 4.26. The summed E-state index contributed by atoms with van der Waals surface area (Å²) in [5.74, 6) is 4.20. The van der Waals surface area contributed by atoms with Crippen LogP contribution in [0, 0.1) is 5.92 Å². The summed E-state index contributed by atoms with van der Waals surface area (Å²) >= 11 is 1.86. The van der Waals surface area contributed by atoms with E-state index in [9.17, 15) is 0 Å². The predicted octanol–water partition coefficient (Wildman–Crippen LogP) is 2.77. The van der Waals surface area contributed by atoms with Crippen molar-refractivity contribution in [3.63, 3.8) is 0 Å². The molecule has 2 atom stereocenters. The molecule has 0 aliphatic carbocycles. The van der Waals surface area contributed by atoms with Crippen molar-refractivity contribution in [1.29, 1.82) is 0 Å². The highest BCUT2D eigenvalue weighted by Gasteiger charge is 2.27. The standard InChI is InChI=1S/C12H21N3OS/c1-3-7-17-8-10-14-12(16-15-10)11-9(2)5-4-6-13-11/h9,11,13H,3-8H2,1-2H3. The summed E-state index contributed by atoms with van der Waals surface area (Å²) in [6, 6.07) is 0.251. The summed E-state index contributed by atoms with van der Waals surface area (Å²) in [6.45, 7) is 5.48. The van der Waals surface area contributed by atoms with E-state index in [2.05, 4.69) is 29.3 Å². The van der Waals surface area contributed by atoms with E-state index in [1.807, 2.05) is 11.8 Å². The van der Waals surface area contributed by atoms with Crippen LogP contribution in [0.1, 0.15) is 50.9 Å². The zero-order valence-corrected chi connectivity index (χ0v) is 11.4. The van der Waals surface area contributed by atoms with E-state index in [1.165, 1.54) is 19.3 Å². The van der Waals surface area contributed by atoms with Crippen LogP contribution in [-0.2, 0) is 5.75 Å². The van der Waals surface area contributed by atoms with Crippen LogP contribution in [0.4, 0.5) is 0 Å². The number of nitrogens with zero attached hydrogens (tertiary/aromatic N) is 2. The first-order valence-corrected chi connectivity index (χ1v) is 7.60. The molecule has 1 N–H and O–H groups in total. The Labute approximate surface area is 107 Å². The maximum absolute atomic E-state index is 5.37. The lowest BCUT2D eigenvalue weighted by molar-refractivity contribution is 0.239. The maximum atomic E-state index is 5.37. The van der Waals surface area contributed by atoms with Crippen molar-refractivity contribution in [2.75, 3.05) is 12.3 Å². The Kier molecular flexibility index (Phi) is 4.86. The van der Waals surface area contributed by atoms with Crippen LogP contribution in [0.15, 0.2) is 4.52 Å². The largest absolute Gasteiger partial charge is 0.338 e. The molecule has 4 nitrogen and oxygen atoms in total. The molecule has 1 aliphatic heterocycles. The predicted molar refractivity (Wildman–Crippen MR) is 69.9 cm³/mol. The topological polar surface area (TPSA) is 51.0 Å². The fraction of sp³-hybridized carbons (Fsp3) is 0.833. The molecule has 2 heterocycles. The molecule has 0 saturated carbocycles. The van der Waals surface area contributed by atoms with Gasteiger partial charge in [-0.25, -0.2) is 0 Å². The fourth-order valence-electron chi connectivity index (χ4n) is 2.14. The molecule has 2 unspecified atom stereocenters. The lowest BCUT2D eigenvalue weighted by atomic mass is 9.93. The third kappa shape index (κ3) is 3.45. The van der Waals surface area contributed by atoms with Crippen LogP contribution in [0.25, 0.3) is 0 Å². The maximum Gasteiger partial charge on any atom is 0.244 e. The van der Waals surface area contributed by atoms with Crippen LogP contribution in [0.5, 0.6) is 0 Å². The Morgan fingerprint density at radius 3 is 3.18 bits per heavy atom. The van der Waals surface area contributed by atoms with E-state index in [0.717, 1.165) is 29.8 Å². The van der Waals surface area contributed by atoms with Crippen LogP contribution >= 0.6 is 11.8 Å². The minimum absolute atomic E-state index is 0.251. The number of hydrogen-bond acceptors (Lipinski definition) is 5. The van der Waals surface area contributed by atoms with Gasteiger partial charge in [0, 0.05) is 0 Å². The van der Waals surface area contributed by atoms with Crippen molar-refractivity contribution >= 4 is 11.8 Å². The second-order valence-corrected chi connectivity index (χ2v) is 5.76. The molecule has 1 saturated heterocycles. The first-order valence-electron chi connectivity index (χ1n) is 6.45. The Morgan fingerprint density at radius 2 is 2.41 bits per heavy atom. The van der Waals surface area contributed by atoms with Crippen LogP contribution in [0.3, 0.4) is 0 Å². The fourth-order valence-corrected chi connectivity index (χ4v) is 2.87. The Hall–Kier alpha value is -0.550. The number of rotatable bonds is 5. The molecule has 1 aromatic rings. The molecule has 1 aliphatic rings. The van der Waals surface area contributed by atoms with E-state index < -0.39 is 0 Å². The van der Waals surface area contributed by atoms with E-state index in [0.29, 0.717) is 5.92 Å². The minimum Gasteiger partial charge on any atom is -0.338 e. The monoisotopic (exact) mass is 255 g/mol. The van der Waals surface area contributed by atoms with Crippen molar-refractivity contribution in [2.24, 2.45) is 5.92 Å². The third-order valence-electron chi connectivity index (χ3n) is 3.10. The van der Waals surface area contributed by atoms with E-state index in [-0.39, 0.29) is 6.04 Å². The van der Waals surface area contributed by atoms with Crippen molar-refractivity contribution in [3.8, 4) is 0 Å². The van der Waals surface area contributed by atoms with E-state index in [1.54, 1.807) is 0 Å². The van der Waals surface area contributed by atoms with Gasteiger partial charge in [0.05, 0.1) is 11.8 Å². The van der Waals surface area contributed by atoms with Gasteiger partial charge in [-0.3, -0.25) is 0 Å². The van der Waals surface area contributed by atoms with Gasteiger partial charge in [0.25, 0.3) is 0 Å². The van der Waals surface area contributed by atoms with Crippen LogP contribution in [0.2, 0.25) is 0 Å². The van der Waals surface area contributed by atoms with Gasteiger partial charge in [-0.2, -0.15) is 16.7 Å². The van der Waals surface area contributed by atoms with Crippen LogP contribution < -0.4 is 5.32 Å². The van der Waals surface area contributed by atoms with Crippen molar-refractivity contribution in [2.45, 2.75) is 44.9 Å². The molecule has 17 heavy (non-hydrogen) atoms. The second kappa shape index (κ2) is 6.40. The Morgan fingerprint density at radius 1 is 1.53 bits per heavy atom. The summed E-state index contributed by atoms with van der Waals surface area (Å²) < 4.78 is 5.37. The highest BCUT2D eigenvalue weighted by Crippen LogP contribution is 2.27. The lowest BCUT2D eigenvalue weighted by Crippen LogP contribution is -2.33. The molecule has 5 heteroatoms. The summed E-state index contributed by atoms with van der Waals surface area (Å²) in [6.07, 6.45) is 3.67. The highest BCUT2D eigenvalue weighted by atomic mass is 32.2. The normalized spacial score (nSPS) is 25.1. The molecular weight excluding hydrogens is 234 g/mol. The number of aromatic nitrogens is 2. The molecule has 1 fully saturated rings. The van der Waals surface area contributed by atoms with Crippen molar-refractivity contribution < 1.29 is 4.52 Å². The van der Waals surface area contributed by atoms with Crippen molar-refractivity contribution in [1.82, 2.24) is 15.5 Å². The van der Waals surface area contributed by atoms with Crippen molar-refractivity contribution in [3.05, 3.63) is 11.7 Å². The van der Waals surface area contributed by atoms with Gasteiger partial charge in [-0.15, -0.1) is 0 Å². The smallest absolute Gasteiger partial charge is 0.244 e. The van der Waals surface area contributed by atoms with Crippen LogP contribution in [-0.4, -0.2) is 22.4 Å². The molecule has 0 bridgehead atoms. The first kappa shape index (κ1) is 12.9. The average molecular weight is 255 g/mol. The first-order chi connectivity index (χ1) is 8.31. The second-order valence-electron chi connectivity index (χ2n) is 4.65. The number of hydrogen-bond donors (Lipinski definition) is 1. The summed E-state index contributed by atoms with van der Waals surface area (Å²) in [4.78, 5) is 4.50. The molecule has 0 radical (unpaired) electrons. The zero-order chi connectivity index (χ0) is 12.1. The number of thioether (sulfide) groups is 1. The summed E-state index contributed by atoms with van der Waals surface area (Å²) in [5, 5.41) is 7.51. The van der Waals surface area contributed by atoms with E-state index >= 15 is 0 Å². The van der Waals surface area contributed by atoms with Gasteiger partial charge in [0.1, 0.15) is 0 Å². The molecule has 0 aromatic carbocycles. The molecule has 2 rings (SSSR count). The summed E-state index contributed by atoms with van der Waals surface area (Å²) in [5.41, 5.74) is 0. The van der Waals surface area contributed by atoms with E-state index in [4.69, 9.17) is 4.52 Å². The lowest BCUT2D eigenvalue weighted by Gasteiger charge is -2.26. The molecule has 0 amide bonds. The Bertz CT molecular complexity index is 342. The zero-order valence-electron chi connectivity index (χ0n) is 10.6. The molecule has 96 valence electrons.